The van der Waals surface area contributed by atoms with Gasteiger partial charge in [0, 0.05) is 0 Å². The Morgan fingerprint density at radius 2 is 1.85 bits per heavy atom. The van der Waals surface area contributed by atoms with E-state index in [4.69, 9.17) is 9.47 Å². The first-order chi connectivity index (χ1) is 13.0. The smallest absolute Gasteiger partial charge is 0.309 e. The van der Waals surface area contributed by atoms with Crippen molar-refractivity contribution in [1.82, 2.24) is 0 Å². The monoisotopic (exact) mass is 368 g/mol. The van der Waals surface area contributed by atoms with E-state index in [-0.39, 0.29) is 25.5 Å². The van der Waals surface area contributed by atoms with E-state index in [0.29, 0.717) is 17.1 Å². The number of carbonyl (C=O) groups is 3. The van der Waals surface area contributed by atoms with E-state index in [0.717, 1.165) is 5.56 Å². The molecule has 0 fully saturated rings. The Morgan fingerprint density at radius 1 is 1.11 bits per heavy atom. The third-order valence-electron chi connectivity index (χ3n) is 4.09. The Morgan fingerprint density at radius 3 is 2.67 bits per heavy atom. The third kappa shape index (κ3) is 4.63. The molecule has 7 nitrogen and oxygen atoms in total. The fourth-order valence-electron chi connectivity index (χ4n) is 2.71. The SMILES string of the molecule is Cc1ccccc1OCCC(=O)OCC(=O)N1CC(=O)Nc2ccccc21. The molecule has 0 aliphatic carbocycles. The van der Waals surface area contributed by atoms with Crippen LogP contribution in [0.15, 0.2) is 48.5 Å². The number of benzene rings is 2. The molecule has 0 spiro atoms. The van der Waals surface area contributed by atoms with Crippen LogP contribution in [0.3, 0.4) is 0 Å². The molecule has 2 aromatic rings. The van der Waals surface area contributed by atoms with Crippen LogP contribution in [0.4, 0.5) is 11.4 Å². The van der Waals surface area contributed by atoms with Crippen LogP contribution in [0.25, 0.3) is 0 Å². The van der Waals surface area contributed by atoms with Gasteiger partial charge in [-0.1, -0.05) is 30.3 Å². The van der Waals surface area contributed by atoms with Gasteiger partial charge < -0.3 is 14.8 Å². The number of hydrogen-bond donors (Lipinski definition) is 1. The Balaban J connectivity index is 1.48. The summed E-state index contributed by atoms with van der Waals surface area (Å²) >= 11 is 0. The molecule has 0 saturated heterocycles. The number of carbonyl (C=O) groups excluding carboxylic acids is 3. The van der Waals surface area contributed by atoms with Crippen LogP contribution in [-0.4, -0.2) is 37.5 Å². The maximum atomic E-state index is 12.4. The number of amides is 2. The summed E-state index contributed by atoms with van der Waals surface area (Å²) in [6.45, 7) is 1.54. The van der Waals surface area contributed by atoms with Gasteiger partial charge in [-0.25, -0.2) is 0 Å². The van der Waals surface area contributed by atoms with Gasteiger partial charge in [-0.15, -0.1) is 0 Å². The summed E-state index contributed by atoms with van der Waals surface area (Å²) in [6, 6.07) is 14.5. The van der Waals surface area contributed by atoms with Gasteiger partial charge in [0.25, 0.3) is 5.91 Å². The zero-order valence-corrected chi connectivity index (χ0v) is 14.9. The molecule has 3 rings (SSSR count). The number of nitrogens with zero attached hydrogens (tertiary/aromatic N) is 1. The summed E-state index contributed by atoms with van der Waals surface area (Å²) < 4.78 is 10.6. The first-order valence-corrected chi connectivity index (χ1v) is 8.58. The zero-order chi connectivity index (χ0) is 19.2. The molecule has 0 aromatic heterocycles. The van der Waals surface area contributed by atoms with Gasteiger partial charge in [0.2, 0.25) is 5.91 Å². The van der Waals surface area contributed by atoms with Gasteiger partial charge in [-0.2, -0.15) is 0 Å². The molecule has 1 aliphatic heterocycles. The highest BCUT2D eigenvalue weighted by Crippen LogP contribution is 2.28. The van der Waals surface area contributed by atoms with Crippen molar-refractivity contribution in [2.24, 2.45) is 0 Å². The molecular weight excluding hydrogens is 348 g/mol. The van der Waals surface area contributed by atoms with E-state index < -0.39 is 18.5 Å². The highest BCUT2D eigenvalue weighted by atomic mass is 16.5. The second-order valence-electron chi connectivity index (χ2n) is 6.07. The Labute approximate surface area is 156 Å². The average molecular weight is 368 g/mol. The minimum Gasteiger partial charge on any atom is -0.493 e. The minimum atomic E-state index is -0.535. The summed E-state index contributed by atoms with van der Waals surface area (Å²) in [5.41, 5.74) is 2.11. The maximum absolute atomic E-state index is 12.4. The number of rotatable bonds is 6. The molecule has 140 valence electrons. The molecule has 0 bridgehead atoms. The zero-order valence-electron chi connectivity index (χ0n) is 14.9. The van der Waals surface area contributed by atoms with Crippen LogP contribution in [-0.2, 0) is 19.1 Å². The van der Waals surface area contributed by atoms with Gasteiger partial charge in [0.05, 0.1) is 24.4 Å². The average Bonchev–Trinajstić information content (AvgIpc) is 2.67. The molecule has 0 saturated carbocycles. The number of aryl methyl sites for hydroxylation is 1. The molecular formula is C20H20N2O5. The number of anilines is 2. The second-order valence-corrected chi connectivity index (χ2v) is 6.07. The lowest BCUT2D eigenvalue weighted by Crippen LogP contribution is -2.44. The third-order valence-corrected chi connectivity index (χ3v) is 4.09. The van der Waals surface area contributed by atoms with E-state index in [1.807, 2.05) is 31.2 Å². The Hall–Kier alpha value is -3.35. The van der Waals surface area contributed by atoms with Crippen molar-refractivity contribution in [3.63, 3.8) is 0 Å². The molecule has 1 heterocycles. The van der Waals surface area contributed by atoms with Gasteiger partial charge in [-0.3, -0.25) is 19.3 Å². The molecule has 27 heavy (non-hydrogen) atoms. The predicted molar refractivity (Wildman–Crippen MR) is 99.7 cm³/mol. The highest BCUT2D eigenvalue weighted by Gasteiger charge is 2.27. The van der Waals surface area contributed by atoms with E-state index in [1.165, 1.54) is 4.90 Å². The summed E-state index contributed by atoms with van der Waals surface area (Å²) in [6.07, 6.45) is 0.0265. The van der Waals surface area contributed by atoms with Gasteiger partial charge >= 0.3 is 5.97 Å². The fraction of sp³-hybridized carbons (Fsp3) is 0.250. The van der Waals surface area contributed by atoms with Gasteiger partial charge in [-0.05, 0) is 30.7 Å². The summed E-state index contributed by atoms with van der Waals surface area (Å²) in [4.78, 5) is 37.3. The summed E-state index contributed by atoms with van der Waals surface area (Å²) in [5, 5.41) is 2.70. The highest BCUT2D eigenvalue weighted by molar-refractivity contribution is 6.10. The van der Waals surface area contributed by atoms with E-state index in [2.05, 4.69) is 5.32 Å². The Kier molecular flexibility index (Phi) is 5.71. The quantitative estimate of drug-likeness (QED) is 0.791. The van der Waals surface area contributed by atoms with Crippen LogP contribution in [0.5, 0.6) is 5.75 Å². The topological polar surface area (TPSA) is 84.9 Å². The molecule has 1 aliphatic rings. The van der Waals surface area contributed by atoms with Crippen molar-refractivity contribution in [1.29, 1.82) is 0 Å². The minimum absolute atomic E-state index is 0.0265. The van der Waals surface area contributed by atoms with E-state index >= 15 is 0 Å². The van der Waals surface area contributed by atoms with E-state index in [9.17, 15) is 14.4 Å². The molecule has 2 aromatic carbocycles. The lowest BCUT2D eigenvalue weighted by Gasteiger charge is -2.28. The fourth-order valence-corrected chi connectivity index (χ4v) is 2.71. The van der Waals surface area contributed by atoms with Crippen molar-refractivity contribution < 1.29 is 23.9 Å². The molecule has 7 heteroatoms. The summed E-state index contributed by atoms with van der Waals surface area (Å²) in [7, 11) is 0. The standard InChI is InChI=1S/C20H20N2O5/c1-14-6-2-5-9-17(14)26-11-10-20(25)27-13-19(24)22-12-18(23)21-15-7-3-4-8-16(15)22/h2-9H,10-13H2,1H3,(H,21,23). The van der Waals surface area contributed by atoms with Gasteiger partial charge in [0.1, 0.15) is 12.3 Å². The van der Waals surface area contributed by atoms with Crippen LogP contribution >= 0.6 is 0 Å². The lowest BCUT2D eigenvalue weighted by molar-refractivity contribution is -0.148. The number of para-hydroxylation sites is 3. The number of esters is 1. The lowest BCUT2D eigenvalue weighted by atomic mass is 10.2. The largest absolute Gasteiger partial charge is 0.493 e. The molecule has 0 unspecified atom stereocenters. The number of fused-ring (bicyclic) bond motifs is 1. The molecule has 0 atom stereocenters. The van der Waals surface area contributed by atoms with E-state index in [1.54, 1.807) is 24.3 Å². The van der Waals surface area contributed by atoms with Crippen LogP contribution < -0.4 is 15.0 Å². The Bertz CT molecular complexity index is 865. The van der Waals surface area contributed by atoms with Crippen molar-refractivity contribution in [2.75, 3.05) is 30.0 Å². The molecule has 0 radical (unpaired) electrons. The van der Waals surface area contributed by atoms with Gasteiger partial charge in [0.15, 0.2) is 6.61 Å². The number of ether oxygens (including phenoxy) is 2. The predicted octanol–water partition coefficient (Wildman–Crippen LogP) is 2.29. The van der Waals surface area contributed by atoms with Crippen molar-refractivity contribution in [3.8, 4) is 5.75 Å². The van der Waals surface area contributed by atoms with Crippen molar-refractivity contribution >= 4 is 29.2 Å². The molecule has 1 N–H and O–H groups in total. The summed E-state index contributed by atoms with van der Waals surface area (Å²) in [5.74, 6) is -0.575. The first kappa shape index (κ1) is 18.4. The molecule has 2 amide bonds. The number of hydrogen-bond acceptors (Lipinski definition) is 5. The van der Waals surface area contributed by atoms with Crippen LogP contribution in [0.2, 0.25) is 0 Å². The second kappa shape index (κ2) is 8.35. The van der Waals surface area contributed by atoms with Crippen LogP contribution in [0, 0.1) is 6.92 Å². The normalized spacial score (nSPS) is 12.8. The first-order valence-electron chi connectivity index (χ1n) is 8.58. The maximum Gasteiger partial charge on any atom is 0.309 e. The number of nitrogens with one attached hydrogen (secondary N) is 1. The van der Waals surface area contributed by atoms with Crippen LogP contribution in [0.1, 0.15) is 12.0 Å². The van der Waals surface area contributed by atoms with Crippen molar-refractivity contribution in [3.05, 3.63) is 54.1 Å². The van der Waals surface area contributed by atoms with Crippen molar-refractivity contribution in [2.45, 2.75) is 13.3 Å².